The lowest BCUT2D eigenvalue weighted by atomic mass is 9.96. The van der Waals surface area contributed by atoms with E-state index in [0.29, 0.717) is 25.3 Å². The van der Waals surface area contributed by atoms with Crippen LogP contribution in [-0.2, 0) is 26.2 Å². The Hall–Kier alpha value is -2.91. The number of nitrogens with zero attached hydrogens (tertiary/aromatic N) is 3. The predicted octanol–water partition coefficient (Wildman–Crippen LogP) is 3.05. The molecule has 35 heavy (non-hydrogen) atoms. The number of piperidine rings is 1. The number of carbonyl (C=O) groups is 2. The van der Waals surface area contributed by atoms with E-state index in [9.17, 15) is 18.0 Å². The number of carbonyl (C=O) groups excluding carboxylic acids is 2. The summed E-state index contributed by atoms with van der Waals surface area (Å²) < 4.78 is 27.8. The molecule has 1 N–H and O–H groups in total. The second-order valence-corrected chi connectivity index (χ2v) is 11.0. The molecule has 0 spiro atoms. The van der Waals surface area contributed by atoms with Gasteiger partial charge >= 0.3 is 0 Å². The van der Waals surface area contributed by atoms with Gasteiger partial charge in [-0.25, -0.2) is 8.42 Å². The van der Waals surface area contributed by atoms with Gasteiger partial charge in [0.25, 0.3) is 0 Å². The summed E-state index contributed by atoms with van der Waals surface area (Å²) in [5, 5.41) is 2.92. The lowest BCUT2D eigenvalue weighted by Crippen LogP contribution is -2.57. The monoisotopic (exact) mass is 498 g/mol. The third-order valence-electron chi connectivity index (χ3n) is 6.98. The first-order valence-electron chi connectivity index (χ1n) is 12.3. The normalized spacial score (nSPS) is 17.8. The van der Waals surface area contributed by atoms with Gasteiger partial charge in [0.05, 0.1) is 16.3 Å². The van der Waals surface area contributed by atoms with E-state index < -0.39 is 10.0 Å². The molecule has 2 aromatic carbocycles. The Kier molecular flexibility index (Phi) is 7.47. The van der Waals surface area contributed by atoms with E-state index in [1.165, 1.54) is 9.21 Å². The van der Waals surface area contributed by atoms with Crippen molar-refractivity contribution >= 4 is 33.2 Å². The molecule has 0 aromatic heterocycles. The van der Waals surface area contributed by atoms with E-state index in [1.54, 1.807) is 32.0 Å². The molecule has 2 amide bonds. The molecule has 2 aliphatic rings. The second kappa shape index (κ2) is 10.4. The molecule has 1 saturated heterocycles. The van der Waals surface area contributed by atoms with Crippen molar-refractivity contribution in [1.29, 1.82) is 0 Å². The Bertz CT molecular complexity index is 1210. The lowest BCUT2D eigenvalue weighted by molar-refractivity contribution is -0.125. The molecule has 2 heterocycles. The van der Waals surface area contributed by atoms with Crippen molar-refractivity contribution in [3.8, 4) is 0 Å². The Morgan fingerprint density at radius 3 is 2.54 bits per heavy atom. The van der Waals surface area contributed by atoms with Crippen molar-refractivity contribution in [3.63, 3.8) is 0 Å². The standard InChI is InChI=1S/C26H34N4O4S/c1-4-28(5-2)35(33,34)21-13-14-22-24(16-21)30(26(32)23-12-8-9-15-29(22)23)18-25(31)27-17-20-11-7-6-10-19(20)3/h6-7,10-11,13-14,16,23H,4-5,8-9,12,15,17-18H2,1-3H3,(H,27,31)/t23-/m0/s1. The molecule has 0 unspecified atom stereocenters. The first kappa shape index (κ1) is 25.2. The number of hydrogen-bond donors (Lipinski definition) is 1. The lowest BCUT2D eigenvalue weighted by Gasteiger charge is -2.45. The maximum absolute atomic E-state index is 13.5. The number of amides is 2. The molecule has 8 nitrogen and oxygen atoms in total. The van der Waals surface area contributed by atoms with Gasteiger partial charge < -0.3 is 10.2 Å². The van der Waals surface area contributed by atoms with Crippen LogP contribution in [0, 0.1) is 6.92 Å². The average molecular weight is 499 g/mol. The first-order valence-corrected chi connectivity index (χ1v) is 13.7. The van der Waals surface area contributed by atoms with Crippen LogP contribution in [0.4, 0.5) is 11.4 Å². The summed E-state index contributed by atoms with van der Waals surface area (Å²) in [4.78, 5) is 30.2. The summed E-state index contributed by atoms with van der Waals surface area (Å²) in [5.74, 6) is -0.436. The first-order chi connectivity index (χ1) is 16.8. The number of nitrogens with one attached hydrogen (secondary N) is 1. The molecule has 0 radical (unpaired) electrons. The maximum atomic E-state index is 13.5. The van der Waals surface area contributed by atoms with Gasteiger partial charge in [-0.15, -0.1) is 0 Å². The number of aryl methyl sites for hydroxylation is 1. The molecule has 1 fully saturated rings. The van der Waals surface area contributed by atoms with Crippen LogP contribution in [0.1, 0.15) is 44.2 Å². The molecule has 2 aromatic rings. The average Bonchev–Trinajstić information content (AvgIpc) is 2.86. The fourth-order valence-electron chi connectivity index (χ4n) is 4.98. The number of sulfonamides is 1. The quantitative estimate of drug-likeness (QED) is 0.604. The Balaban J connectivity index is 1.65. The summed E-state index contributed by atoms with van der Waals surface area (Å²) in [5.41, 5.74) is 3.38. The van der Waals surface area contributed by atoms with Crippen molar-refractivity contribution in [2.45, 2.75) is 57.5 Å². The van der Waals surface area contributed by atoms with Crippen molar-refractivity contribution in [1.82, 2.24) is 9.62 Å². The molecule has 188 valence electrons. The van der Waals surface area contributed by atoms with Gasteiger partial charge in [0.1, 0.15) is 12.6 Å². The van der Waals surface area contributed by atoms with Crippen LogP contribution in [0.2, 0.25) is 0 Å². The molecule has 9 heteroatoms. The van der Waals surface area contributed by atoms with E-state index in [2.05, 4.69) is 10.2 Å². The Morgan fingerprint density at radius 2 is 1.83 bits per heavy atom. The van der Waals surface area contributed by atoms with Crippen molar-refractivity contribution in [2.75, 3.05) is 36.0 Å². The zero-order valence-electron chi connectivity index (χ0n) is 20.7. The van der Waals surface area contributed by atoms with Crippen LogP contribution in [-0.4, -0.2) is 56.8 Å². The van der Waals surface area contributed by atoms with Gasteiger partial charge in [-0.2, -0.15) is 4.31 Å². The fraction of sp³-hybridized carbons (Fsp3) is 0.462. The molecular formula is C26H34N4O4S. The van der Waals surface area contributed by atoms with Crippen molar-refractivity contribution in [2.24, 2.45) is 0 Å². The van der Waals surface area contributed by atoms with E-state index in [-0.39, 0.29) is 29.3 Å². The molecular weight excluding hydrogens is 464 g/mol. The molecule has 1 atom stereocenters. The summed E-state index contributed by atoms with van der Waals surface area (Å²) in [6.45, 7) is 7.24. The molecule has 2 aliphatic heterocycles. The minimum Gasteiger partial charge on any atom is -0.358 e. The number of fused-ring (bicyclic) bond motifs is 3. The highest BCUT2D eigenvalue weighted by Gasteiger charge is 2.40. The highest BCUT2D eigenvalue weighted by molar-refractivity contribution is 7.89. The van der Waals surface area contributed by atoms with Crippen LogP contribution in [0.5, 0.6) is 0 Å². The van der Waals surface area contributed by atoms with Gasteiger partial charge in [0.15, 0.2) is 0 Å². The number of benzene rings is 2. The third-order valence-corrected chi connectivity index (χ3v) is 9.03. The summed E-state index contributed by atoms with van der Waals surface area (Å²) in [7, 11) is -3.71. The van der Waals surface area contributed by atoms with Gasteiger partial charge in [0, 0.05) is 26.2 Å². The topological polar surface area (TPSA) is 90.0 Å². The van der Waals surface area contributed by atoms with Gasteiger partial charge in [-0.05, 0) is 55.5 Å². The van der Waals surface area contributed by atoms with E-state index in [4.69, 9.17) is 0 Å². The summed E-state index contributed by atoms with van der Waals surface area (Å²) in [6, 6.07) is 12.4. The fourth-order valence-corrected chi connectivity index (χ4v) is 6.45. The highest BCUT2D eigenvalue weighted by atomic mass is 32.2. The zero-order chi connectivity index (χ0) is 25.2. The highest BCUT2D eigenvalue weighted by Crippen LogP contribution is 2.41. The molecule has 0 bridgehead atoms. The Morgan fingerprint density at radius 1 is 1.09 bits per heavy atom. The van der Waals surface area contributed by atoms with Gasteiger partial charge in [-0.3, -0.25) is 14.5 Å². The van der Waals surface area contributed by atoms with Gasteiger partial charge in [-0.1, -0.05) is 38.1 Å². The van der Waals surface area contributed by atoms with Crippen molar-refractivity contribution < 1.29 is 18.0 Å². The van der Waals surface area contributed by atoms with Crippen LogP contribution in [0.25, 0.3) is 0 Å². The van der Waals surface area contributed by atoms with Crippen LogP contribution in [0.15, 0.2) is 47.4 Å². The molecule has 4 rings (SSSR count). The number of hydrogen-bond acceptors (Lipinski definition) is 5. The SMILES string of the molecule is CCN(CC)S(=O)(=O)c1ccc2c(c1)N(CC(=O)NCc1ccccc1C)C(=O)[C@@H]1CCCCN21. The van der Waals surface area contributed by atoms with Crippen LogP contribution < -0.4 is 15.1 Å². The molecule has 0 aliphatic carbocycles. The summed E-state index contributed by atoms with van der Waals surface area (Å²) in [6.07, 6.45) is 2.64. The van der Waals surface area contributed by atoms with Gasteiger partial charge in [0.2, 0.25) is 21.8 Å². The molecule has 0 saturated carbocycles. The van der Waals surface area contributed by atoms with Crippen LogP contribution in [0.3, 0.4) is 0 Å². The smallest absolute Gasteiger partial charge is 0.250 e. The maximum Gasteiger partial charge on any atom is 0.250 e. The largest absolute Gasteiger partial charge is 0.358 e. The minimum absolute atomic E-state index is 0.133. The van der Waals surface area contributed by atoms with Crippen molar-refractivity contribution in [3.05, 3.63) is 53.6 Å². The van der Waals surface area contributed by atoms with Crippen LogP contribution >= 0.6 is 0 Å². The summed E-state index contributed by atoms with van der Waals surface area (Å²) >= 11 is 0. The minimum atomic E-state index is -3.71. The number of rotatable bonds is 8. The van der Waals surface area contributed by atoms with E-state index in [0.717, 1.165) is 42.6 Å². The Labute approximate surface area is 207 Å². The number of anilines is 2. The second-order valence-electron chi connectivity index (χ2n) is 9.07. The zero-order valence-corrected chi connectivity index (χ0v) is 21.5. The predicted molar refractivity (Wildman–Crippen MR) is 137 cm³/mol. The van der Waals surface area contributed by atoms with E-state index in [1.807, 2.05) is 31.2 Å². The third kappa shape index (κ3) is 4.92. The van der Waals surface area contributed by atoms with E-state index >= 15 is 0 Å².